The van der Waals surface area contributed by atoms with Gasteiger partial charge in [-0.2, -0.15) is 0 Å². The monoisotopic (exact) mass is 302 g/mol. The summed E-state index contributed by atoms with van der Waals surface area (Å²) in [6.45, 7) is 2.15. The lowest BCUT2D eigenvalue weighted by Gasteiger charge is -2.15. The van der Waals surface area contributed by atoms with E-state index >= 15 is 0 Å². The van der Waals surface area contributed by atoms with Crippen LogP contribution in [0.5, 0.6) is 5.75 Å². The highest BCUT2D eigenvalue weighted by Crippen LogP contribution is 2.23. The standard InChI is InChI=1S/C19H26O3/c1-2-21-19(20)15-22-18-12-8-11-17(14-18)13-16-9-6-4-3-5-7-10-16/h6,8-9,11-12,14,16H,2-5,7,10,13,15H2,1H3/b9-6-. The summed E-state index contributed by atoms with van der Waals surface area (Å²) in [5.41, 5.74) is 1.26. The van der Waals surface area contributed by atoms with Crippen molar-refractivity contribution < 1.29 is 14.3 Å². The van der Waals surface area contributed by atoms with E-state index < -0.39 is 0 Å². The van der Waals surface area contributed by atoms with Crippen LogP contribution < -0.4 is 4.74 Å². The molecule has 0 fully saturated rings. The lowest BCUT2D eigenvalue weighted by atomic mass is 9.91. The minimum absolute atomic E-state index is 0.0272. The maximum absolute atomic E-state index is 11.3. The molecule has 0 saturated heterocycles. The fourth-order valence-corrected chi connectivity index (χ4v) is 2.81. The first kappa shape index (κ1) is 16.6. The highest BCUT2D eigenvalue weighted by Gasteiger charge is 2.09. The second-order valence-electron chi connectivity index (χ2n) is 5.77. The predicted octanol–water partition coefficient (Wildman–Crippen LogP) is 4.31. The molecule has 22 heavy (non-hydrogen) atoms. The minimum atomic E-state index is -0.323. The molecule has 0 N–H and O–H groups in total. The van der Waals surface area contributed by atoms with Crippen LogP contribution in [-0.4, -0.2) is 19.2 Å². The Morgan fingerprint density at radius 2 is 2.18 bits per heavy atom. The molecule has 0 heterocycles. The Labute approximate surface area is 133 Å². The molecule has 1 aliphatic carbocycles. The van der Waals surface area contributed by atoms with E-state index in [0.717, 1.165) is 12.2 Å². The van der Waals surface area contributed by atoms with Crippen LogP contribution in [0.1, 0.15) is 44.6 Å². The molecule has 1 aromatic carbocycles. The second-order valence-corrected chi connectivity index (χ2v) is 5.77. The van der Waals surface area contributed by atoms with Crippen molar-refractivity contribution in [2.45, 2.75) is 45.4 Å². The maximum Gasteiger partial charge on any atom is 0.344 e. The Hall–Kier alpha value is -1.77. The number of allylic oxidation sites excluding steroid dienone is 2. The molecule has 0 aliphatic heterocycles. The fourth-order valence-electron chi connectivity index (χ4n) is 2.81. The van der Waals surface area contributed by atoms with Crippen molar-refractivity contribution in [3.05, 3.63) is 42.0 Å². The average Bonchev–Trinajstić information content (AvgIpc) is 2.49. The largest absolute Gasteiger partial charge is 0.482 e. The van der Waals surface area contributed by atoms with Crippen LogP contribution in [0.3, 0.4) is 0 Å². The number of hydrogen-bond acceptors (Lipinski definition) is 3. The van der Waals surface area contributed by atoms with E-state index in [1.165, 1.54) is 37.7 Å². The molecule has 3 nitrogen and oxygen atoms in total. The fraction of sp³-hybridized carbons (Fsp3) is 0.526. The topological polar surface area (TPSA) is 35.5 Å². The zero-order valence-electron chi connectivity index (χ0n) is 13.4. The van der Waals surface area contributed by atoms with Gasteiger partial charge in [0.15, 0.2) is 6.61 Å². The summed E-state index contributed by atoms with van der Waals surface area (Å²) >= 11 is 0. The van der Waals surface area contributed by atoms with E-state index in [4.69, 9.17) is 9.47 Å². The van der Waals surface area contributed by atoms with Gasteiger partial charge in [0, 0.05) is 0 Å². The maximum atomic E-state index is 11.3. The number of rotatable bonds is 6. The van der Waals surface area contributed by atoms with Gasteiger partial charge < -0.3 is 9.47 Å². The first-order valence-electron chi connectivity index (χ1n) is 8.32. The van der Waals surface area contributed by atoms with Crippen LogP contribution in [0.2, 0.25) is 0 Å². The van der Waals surface area contributed by atoms with Gasteiger partial charge in [-0.1, -0.05) is 37.1 Å². The molecule has 0 amide bonds. The smallest absolute Gasteiger partial charge is 0.344 e. The summed E-state index contributed by atoms with van der Waals surface area (Å²) < 4.78 is 10.4. The molecule has 0 saturated carbocycles. The van der Waals surface area contributed by atoms with Crippen molar-refractivity contribution in [3.8, 4) is 5.75 Å². The van der Waals surface area contributed by atoms with Gasteiger partial charge in [0.25, 0.3) is 0 Å². The summed E-state index contributed by atoms with van der Waals surface area (Å²) in [4.78, 5) is 11.3. The van der Waals surface area contributed by atoms with Crippen molar-refractivity contribution in [2.75, 3.05) is 13.2 Å². The quantitative estimate of drug-likeness (QED) is 0.580. The summed E-state index contributed by atoms with van der Waals surface area (Å²) in [6, 6.07) is 8.04. The first-order chi connectivity index (χ1) is 10.8. The normalized spacial score (nSPS) is 19.8. The van der Waals surface area contributed by atoms with Crippen LogP contribution in [0.25, 0.3) is 0 Å². The molecule has 2 rings (SSSR count). The van der Waals surface area contributed by atoms with E-state index in [-0.39, 0.29) is 12.6 Å². The molecule has 120 valence electrons. The Morgan fingerprint density at radius 1 is 1.27 bits per heavy atom. The van der Waals surface area contributed by atoms with Crippen LogP contribution in [-0.2, 0) is 16.0 Å². The van der Waals surface area contributed by atoms with E-state index in [1.54, 1.807) is 6.92 Å². The average molecular weight is 302 g/mol. The Kier molecular flexibility index (Phi) is 7.01. The Bertz CT molecular complexity index is 493. The number of benzene rings is 1. The van der Waals surface area contributed by atoms with Gasteiger partial charge in [0.2, 0.25) is 0 Å². The Balaban J connectivity index is 1.90. The number of hydrogen-bond donors (Lipinski definition) is 0. The van der Waals surface area contributed by atoms with E-state index in [0.29, 0.717) is 12.5 Å². The van der Waals surface area contributed by atoms with Gasteiger partial charge in [-0.25, -0.2) is 4.79 Å². The number of carbonyl (C=O) groups excluding carboxylic acids is 1. The van der Waals surface area contributed by atoms with Gasteiger partial charge >= 0.3 is 5.97 Å². The molecular formula is C19H26O3. The molecule has 1 aliphatic rings. The van der Waals surface area contributed by atoms with Crippen LogP contribution >= 0.6 is 0 Å². The van der Waals surface area contributed by atoms with Gasteiger partial charge in [0.05, 0.1) is 6.61 Å². The molecule has 1 aromatic rings. The van der Waals surface area contributed by atoms with Gasteiger partial charge in [-0.05, 0) is 56.2 Å². The molecule has 0 spiro atoms. The van der Waals surface area contributed by atoms with Crippen molar-refractivity contribution in [2.24, 2.45) is 5.92 Å². The summed E-state index contributed by atoms with van der Waals surface area (Å²) in [5.74, 6) is 1.02. The summed E-state index contributed by atoms with van der Waals surface area (Å²) in [6.07, 6.45) is 12.2. The third-order valence-electron chi connectivity index (χ3n) is 3.91. The van der Waals surface area contributed by atoms with E-state index in [1.807, 2.05) is 18.2 Å². The SMILES string of the molecule is CCOC(=O)COc1cccc(CC2/C=C\CCCCC2)c1. The van der Waals surface area contributed by atoms with Gasteiger partial charge in [-0.15, -0.1) is 0 Å². The number of carbonyl (C=O) groups is 1. The lowest BCUT2D eigenvalue weighted by molar-refractivity contribution is -0.145. The Morgan fingerprint density at radius 3 is 3.05 bits per heavy atom. The first-order valence-corrected chi connectivity index (χ1v) is 8.32. The lowest BCUT2D eigenvalue weighted by Crippen LogP contribution is -2.14. The predicted molar refractivity (Wildman–Crippen MR) is 88.0 cm³/mol. The summed E-state index contributed by atoms with van der Waals surface area (Å²) in [5, 5.41) is 0. The highest BCUT2D eigenvalue weighted by molar-refractivity contribution is 5.71. The third-order valence-corrected chi connectivity index (χ3v) is 3.91. The van der Waals surface area contributed by atoms with Crippen molar-refractivity contribution >= 4 is 5.97 Å². The third kappa shape index (κ3) is 5.92. The van der Waals surface area contributed by atoms with E-state index in [2.05, 4.69) is 18.2 Å². The van der Waals surface area contributed by atoms with Crippen LogP contribution in [0.4, 0.5) is 0 Å². The molecule has 0 bridgehead atoms. The molecule has 3 heteroatoms. The molecule has 0 radical (unpaired) electrons. The van der Waals surface area contributed by atoms with E-state index in [9.17, 15) is 4.79 Å². The number of ether oxygens (including phenoxy) is 2. The number of esters is 1. The van der Waals surface area contributed by atoms with Crippen molar-refractivity contribution in [1.82, 2.24) is 0 Å². The molecule has 0 aromatic heterocycles. The van der Waals surface area contributed by atoms with Gasteiger partial charge in [-0.3, -0.25) is 0 Å². The molecular weight excluding hydrogens is 276 g/mol. The molecule has 1 atom stereocenters. The minimum Gasteiger partial charge on any atom is -0.482 e. The van der Waals surface area contributed by atoms with Gasteiger partial charge in [0.1, 0.15) is 5.75 Å². The van der Waals surface area contributed by atoms with Crippen molar-refractivity contribution in [3.63, 3.8) is 0 Å². The van der Waals surface area contributed by atoms with Crippen LogP contribution in [0, 0.1) is 5.92 Å². The zero-order chi connectivity index (χ0) is 15.6. The highest BCUT2D eigenvalue weighted by atomic mass is 16.6. The van der Waals surface area contributed by atoms with Crippen LogP contribution in [0.15, 0.2) is 36.4 Å². The second kappa shape index (κ2) is 9.29. The van der Waals surface area contributed by atoms with Crippen molar-refractivity contribution in [1.29, 1.82) is 0 Å². The molecule has 1 unspecified atom stereocenters. The summed E-state index contributed by atoms with van der Waals surface area (Å²) in [7, 11) is 0. The zero-order valence-corrected chi connectivity index (χ0v) is 13.4.